The number of fused-ring (bicyclic) bond motifs is 1. The number of carbonyl (C=O) groups excluding carboxylic acids is 3. The molecule has 1 saturated carbocycles. The third-order valence-electron chi connectivity index (χ3n) is 5.88. The zero-order chi connectivity index (χ0) is 16.0. The number of carbonyl (C=O) groups is 3. The number of piperidine rings is 1. The Kier molecular flexibility index (Phi) is 3.62. The molecule has 23 heavy (non-hydrogen) atoms. The van der Waals surface area contributed by atoms with Gasteiger partial charge in [0.15, 0.2) is 0 Å². The van der Waals surface area contributed by atoms with Crippen molar-refractivity contribution in [2.75, 3.05) is 19.8 Å². The zero-order valence-electron chi connectivity index (χ0n) is 13.2. The van der Waals surface area contributed by atoms with Gasteiger partial charge in [0.05, 0.1) is 11.8 Å². The number of urea groups is 1. The Morgan fingerprint density at radius 3 is 2.09 bits per heavy atom. The Morgan fingerprint density at radius 2 is 1.57 bits per heavy atom. The van der Waals surface area contributed by atoms with Crippen molar-refractivity contribution in [2.45, 2.75) is 32.1 Å². The van der Waals surface area contributed by atoms with Crippen molar-refractivity contribution < 1.29 is 14.4 Å². The third-order valence-corrected chi connectivity index (χ3v) is 5.88. The fourth-order valence-electron chi connectivity index (χ4n) is 4.65. The lowest BCUT2D eigenvalue weighted by Gasteiger charge is -2.38. The summed E-state index contributed by atoms with van der Waals surface area (Å²) in [5, 5.41) is 2.77. The van der Waals surface area contributed by atoms with Gasteiger partial charge in [-0.05, 0) is 43.9 Å². The van der Waals surface area contributed by atoms with E-state index in [0.717, 1.165) is 45.2 Å². The molecule has 3 fully saturated rings. The topological polar surface area (TPSA) is 69.7 Å². The molecule has 0 aromatic heterocycles. The molecule has 0 radical (unpaired) electrons. The van der Waals surface area contributed by atoms with Gasteiger partial charge in [0.2, 0.25) is 11.8 Å². The summed E-state index contributed by atoms with van der Waals surface area (Å²) in [7, 11) is 0. The van der Waals surface area contributed by atoms with Gasteiger partial charge in [-0.3, -0.25) is 14.5 Å². The zero-order valence-corrected chi connectivity index (χ0v) is 13.2. The maximum absolute atomic E-state index is 12.6. The number of rotatable bonds is 2. The number of likely N-dealkylation sites (tertiary alicyclic amines) is 2. The van der Waals surface area contributed by atoms with E-state index in [2.05, 4.69) is 17.5 Å². The van der Waals surface area contributed by atoms with Gasteiger partial charge in [0, 0.05) is 13.1 Å². The van der Waals surface area contributed by atoms with Gasteiger partial charge in [-0.2, -0.15) is 0 Å². The molecule has 2 bridgehead atoms. The Hall–Kier alpha value is -1.85. The molecule has 2 heterocycles. The molecule has 1 N–H and O–H groups in total. The predicted octanol–water partition coefficient (Wildman–Crippen LogP) is 1.34. The highest BCUT2D eigenvalue weighted by molar-refractivity contribution is 6.06. The number of amides is 4. The van der Waals surface area contributed by atoms with Crippen LogP contribution in [-0.2, 0) is 9.59 Å². The first kappa shape index (κ1) is 14.7. The van der Waals surface area contributed by atoms with Gasteiger partial charge in [0.25, 0.3) is 0 Å². The second-order valence-electron chi connectivity index (χ2n) is 7.13. The first-order valence-corrected chi connectivity index (χ1v) is 8.73. The van der Waals surface area contributed by atoms with E-state index in [-0.39, 0.29) is 48.2 Å². The molecule has 2 aliphatic heterocycles. The Labute approximate surface area is 135 Å². The van der Waals surface area contributed by atoms with E-state index >= 15 is 0 Å². The molecule has 2 saturated heterocycles. The quantitative estimate of drug-likeness (QED) is 0.617. The summed E-state index contributed by atoms with van der Waals surface area (Å²) >= 11 is 0. The van der Waals surface area contributed by atoms with Crippen LogP contribution in [0, 0.1) is 23.7 Å². The van der Waals surface area contributed by atoms with E-state index in [4.69, 9.17) is 0 Å². The molecule has 0 spiro atoms. The summed E-state index contributed by atoms with van der Waals surface area (Å²) in [6.07, 6.45) is 9.41. The molecule has 4 atom stereocenters. The van der Waals surface area contributed by atoms with Crippen LogP contribution in [0.2, 0.25) is 0 Å². The highest BCUT2D eigenvalue weighted by Gasteiger charge is 2.56. The SMILES string of the molecule is O=C(NCN1C(=O)C2C3C=CC(CC3)C2C1=O)N1CCCCC1. The van der Waals surface area contributed by atoms with Crippen molar-refractivity contribution in [3.8, 4) is 0 Å². The number of hydrogen-bond donors (Lipinski definition) is 1. The molecule has 0 aromatic carbocycles. The smallest absolute Gasteiger partial charge is 0.318 e. The lowest BCUT2D eigenvalue weighted by atomic mass is 9.63. The third kappa shape index (κ3) is 2.35. The fraction of sp³-hybridized carbons (Fsp3) is 0.706. The van der Waals surface area contributed by atoms with Gasteiger partial charge in [-0.25, -0.2) is 4.79 Å². The summed E-state index contributed by atoms with van der Waals surface area (Å²) < 4.78 is 0. The molecule has 6 heteroatoms. The molecule has 5 aliphatic rings. The summed E-state index contributed by atoms with van der Waals surface area (Å²) in [6, 6.07) is -0.165. The number of imide groups is 1. The highest BCUT2D eigenvalue weighted by atomic mass is 16.2. The molecule has 3 aliphatic carbocycles. The maximum atomic E-state index is 12.6. The molecule has 6 nitrogen and oxygen atoms in total. The van der Waals surface area contributed by atoms with Crippen LogP contribution in [0.5, 0.6) is 0 Å². The van der Waals surface area contributed by atoms with Gasteiger partial charge < -0.3 is 10.2 Å². The molecule has 0 aromatic rings. The van der Waals surface area contributed by atoms with Crippen molar-refractivity contribution in [3.05, 3.63) is 12.2 Å². The molecule has 4 amide bonds. The molecule has 4 unspecified atom stereocenters. The van der Waals surface area contributed by atoms with Crippen molar-refractivity contribution in [2.24, 2.45) is 23.7 Å². The monoisotopic (exact) mass is 317 g/mol. The Bertz CT molecular complexity index is 535. The van der Waals surface area contributed by atoms with Crippen LogP contribution < -0.4 is 5.32 Å². The maximum Gasteiger partial charge on any atom is 0.318 e. The molecular weight excluding hydrogens is 294 g/mol. The van der Waals surface area contributed by atoms with Gasteiger partial charge in [-0.1, -0.05) is 12.2 Å². The van der Waals surface area contributed by atoms with Crippen molar-refractivity contribution in [3.63, 3.8) is 0 Å². The lowest BCUT2D eigenvalue weighted by Crippen LogP contribution is -2.48. The van der Waals surface area contributed by atoms with Gasteiger partial charge >= 0.3 is 6.03 Å². The molecule has 5 rings (SSSR count). The summed E-state index contributed by atoms with van der Waals surface area (Å²) in [5.74, 6) is -0.194. The normalized spacial score (nSPS) is 35.7. The minimum Gasteiger partial charge on any atom is -0.325 e. The van der Waals surface area contributed by atoms with E-state index in [1.807, 2.05) is 0 Å². The Balaban J connectivity index is 1.41. The van der Waals surface area contributed by atoms with E-state index in [1.165, 1.54) is 4.90 Å². The van der Waals surface area contributed by atoms with E-state index in [0.29, 0.717) is 0 Å². The number of allylic oxidation sites excluding steroid dienone is 2. The van der Waals surface area contributed by atoms with Crippen molar-refractivity contribution in [1.82, 2.24) is 15.1 Å². The molecule has 124 valence electrons. The van der Waals surface area contributed by atoms with Crippen molar-refractivity contribution >= 4 is 17.8 Å². The number of nitrogens with one attached hydrogen (secondary N) is 1. The summed E-state index contributed by atoms with van der Waals surface area (Å²) in [6.45, 7) is 1.53. The number of nitrogens with zero attached hydrogens (tertiary/aromatic N) is 2. The predicted molar refractivity (Wildman–Crippen MR) is 83.0 cm³/mol. The van der Waals surface area contributed by atoms with Crippen LogP contribution in [-0.4, -0.2) is 47.4 Å². The summed E-state index contributed by atoms with van der Waals surface area (Å²) in [5.41, 5.74) is 0. The largest absolute Gasteiger partial charge is 0.325 e. The van der Waals surface area contributed by atoms with Crippen LogP contribution in [0.3, 0.4) is 0 Å². The minimum absolute atomic E-state index is 0.0133. The van der Waals surface area contributed by atoms with Crippen LogP contribution in [0.25, 0.3) is 0 Å². The number of hydrogen-bond acceptors (Lipinski definition) is 3. The highest BCUT2D eigenvalue weighted by Crippen LogP contribution is 2.49. The Morgan fingerprint density at radius 1 is 1.00 bits per heavy atom. The first-order valence-electron chi connectivity index (χ1n) is 8.73. The van der Waals surface area contributed by atoms with E-state index < -0.39 is 0 Å². The van der Waals surface area contributed by atoms with Crippen LogP contribution >= 0.6 is 0 Å². The lowest BCUT2D eigenvalue weighted by molar-refractivity contribution is -0.140. The first-order chi connectivity index (χ1) is 11.2. The van der Waals surface area contributed by atoms with Gasteiger partial charge in [0.1, 0.15) is 6.67 Å². The molecular formula is C17H23N3O3. The average molecular weight is 317 g/mol. The second kappa shape index (κ2) is 5.65. The second-order valence-corrected chi connectivity index (χ2v) is 7.13. The van der Waals surface area contributed by atoms with E-state index in [9.17, 15) is 14.4 Å². The van der Waals surface area contributed by atoms with Gasteiger partial charge in [-0.15, -0.1) is 0 Å². The van der Waals surface area contributed by atoms with Crippen LogP contribution in [0.15, 0.2) is 12.2 Å². The standard InChI is InChI=1S/C17H23N3O3/c21-15-13-11-4-5-12(7-6-11)14(13)16(22)20(15)10-18-17(23)19-8-2-1-3-9-19/h4-5,11-14H,1-3,6-10H2,(H,18,23). The summed E-state index contributed by atoms with van der Waals surface area (Å²) in [4.78, 5) is 40.5. The van der Waals surface area contributed by atoms with Crippen LogP contribution in [0.4, 0.5) is 4.79 Å². The van der Waals surface area contributed by atoms with Crippen molar-refractivity contribution in [1.29, 1.82) is 0 Å². The van der Waals surface area contributed by atoms with E-state index in [1.54, 1.807) is 4.90 Å². The van der Waals surface area contributed by atoms with Crippen LogP contribution in [0.1, 0.15) is 32.1 Å². The minimum atomic E-state index is -0.196. The fourth-order valence-corrected chi connectivity index (χ4v) is 4.65. The average Bonchev–Trinajstić information content (AvgIpc) is 2.88.